The second-order valence-corrected chi connectivity index (χ2v) is 3.74. The monoisotopic (exact) mass is 257 g/mol. The van der Waals surface area contributed by atoms with Gasteiger partial charge in [-0.3, -0.25) is 14.9 Å². The highest BCUT2D eigenvalue weighted by molar-refractivity contribution is 6.67. The van der Waals surface area contributed by atoms with Crippen LogP contribution in [-0.4, -0.2) is 23.4 Å². The van der Waals surface area contributed by atoms with Gasteiger partial charge in [0, 0.05) is 30.9 Å². The highest BCUT2D eigenvalue weighted by Crippen LogP contribution is 2.12. The molecule has 1 saturated heterocycles. The molecule has 0 atom stereocenters. The molecular weight excluding hydrogens is 246 g/mol. The molecule has 0 spiro atoms. The quantitative estimate of drug-likeness (QED) is 0.464. The molecule has 0 amide bonds. The molecule has 1 aliphatic heterocycles. The molecule has 1 aromatic carbocycles. The summed E-state index contributed by atoms with van der Waals surface area (Å²) in [6.07, 6.45) is 2.56. The van der Waals surface area contributed by atoms with Gasteiger partial charge in [-0.2, -0.15) is 0 Å². The number of ether oxygens (including phenoxy) is 1. The lowest BCUT2D eigenvalue weighted by Crippen LogP contribution is -1.90. The van der Waals surface area contributed by atoms with Gasteiger partial charge < -0.3 is 4.74 Å². The summed E-state index contributed by atoms with van der Waals surface area (Å²) in [5.41, 5.74) is 0.193. The number of non-ortho nitro benzene ring substituents is 1. The van der Waals surface area contributed by atoms with E-state index in [0.29, 0.717) is 0 Å². The Morgan fingerprint density at radius 3 is 2.06 bits per heavy atom. The summed E-state index contributed by atoms with van der Waals surface area (Å²) in [6.45, 7) is 2.00. The molecule has 0 aromatic heterocycles. The second-order valence-electron chi connectivity index (χ2n) is 3.40. The maximum absolute atomic E-state index is 10.5. The van der Waals surface area contributed by atoms with Crippen molar-refractivity contribution in [2.75, 3.05) is 13.2 Å². The van der Waals surface area contributed by atoms with Crippen LogP contribution < -0.4 is 0 Å². The zero-order valence-corrected chi connectivity index (χ0v) is 9.85. The Hall–Kier alpha value is -1.46. The van der Waals surface area contributed by atoms with Crippen LogP contribution in [0.2, 0.25) is 0 Å². The van der Waals surface area contributed by atoms with Crippen molar-refractivity contribution in [1.29, 1.82) is 0 Å². The van der Waals surface area contributed by atoms with Crippen molar-refractivity contribution in [1.82, 2.24) is 0 Å². The molecule has 0 N–H and O–H groups in total. The minimum atomic E-state index is -0.620. The van der Waals surface area contributed by atoms with Crippen LogP contribution in [0.15, 0.2) is 24.3 Å². The molecule has 1 heterocycles. The Balaban J connectivity index is 0.000000239. The van der Waals surface area contributed by atoms with Crippen molar-refractivity contribution in [3.8, 4) is 0 Å². The van der Waals surface area contributed by atoms with Crippen LogP contribution in [0.1, 0.15) is 23.2 Å². The van der Waals surface area contributed by atoms with Gasteiger partial charge in [0.05, 0.1) is 4.92 Å². The summed E-state index contributed by atoms with van der Waals surface area (Å²) in [7, 11) is 0. The number of nitrogens with zero attached hydrogens (tertiary/aromatic N) is 1. The molecule has 0 aliphatic carbocycles. The van der Waals surface area contributed by atoms with E-state index in [1.165, 1.54) is 37.1 Å². The van der Waals surface area contributed by atoms with E-state index in [-0.39, 0.29) is 11.3 Å². The zero-order valence-electron chi connectivity index (χ0n) is 9.10. The summed E-state index contributed by atoms with van der Waals surface area (Å²) < 4.78 is 4.94. The Labute approximate surface area is 103 Å². The average Bonchev–Trinajstić information content (AvgIpc) is 2.87. The molecule has 0 radical (unpaired) electrons. The van der Waals surface area contributed by atoms with Crippen LogP contribution in [-0.2, 0) is 4.74 Å². The maximum atomic E-state index is 10.5. The van der Waals surface area contributed by atoms with E-state index in [0.717, 1.165) is 13.2 Å². The molecular formula is C11H12ClNO4. The number of halogens is 1. The van der Waals surface area contributed by atoms with E-state index in [1.54, 1.807) is 0 Å². The second kappa shape index (κ2) is 6.98. The van der Waals surface area contributed by atoms with Crippen molar-refractivity contribution in [2.45, 2.75) is 12.8 Å². The minimum absolute atomic E-state index is 0.0586. The molecule has 6 heteroatoms. The number of benzene rings is 1. The summed E-state index contributed by atoms with van der Waals surface area (Å²) in [6, 6.07) is 5.09. The first-order valence-electron chi connectivity index (χ1n) is 5.13. The van der Waals surface area contributed by atoms with Gasteiger partial charge in [-0.1, -0.05) is 0 Å². The van der Waals surface area contributed by atoms with Crippen LogP contribution in [0.5, 0.6) is 0 Å². The molecule has 92 valence electrons. The molecule has 0 bridgehead atoms. The summed E-state index contributed by atoms with van der Waals surface area (Å²) in [4.78, 5) is 20.2. The fraction of sp³-hybridized carbons (Fsp3) is 0.364. The number of carbonyl (C=O) groups is 1. The lowest BCUT2D eigenvalue weighted by Gasteiger charge is -1.92. The first-order valence-corrected chi connectivity index (χ1v) is 5.51. The van der Waals surface area contributed by atoms with Gasteiger partial charge in [0.15, 0.2) is 0 Å². The van der Waals surface area contributed by atoms with Crippen molar-refractivity contribution in [3.05, 3.63) is 39.9 Å². The molecule has 17 heavy (non-hydrogen) atoms. The van der Waals surface area contributed by atoms with E-state index in [4.69, 9.17) is 16.3 Å². The fourth-order valence-corrected chi connectivity index (χ4v) is 1.35. The molecule has 1 aromatic rings. The van der Waals surface area contributed by atoms with Gasteiger partial charge in [-0.25, -0.2) is 0 Å². The zero-order chi connectivity index (χ0) is 12.7. The largest absolute Gasteiger partial charge is 0.381 e. The Morgan fingerprint density at radius 1 is 1.24 bits per heavy atom. The topological polar surface area (TPSA) is 69.4 Å². The number of rotatable bonds is 2. The number of nitro benzene ring substituents is 1. The highest BCUT2D eigenvalue weighted by atomic mass is 35.5. The van der Waals surface area contributed by atoms with E-state index in [1.807, 2.05) is 0 Å². The van der Waals surface area contributed by atoms with E-state index in [9.17, 15) is 14.9 Å². The van der Waals surface area contributed by atoms with Gasteiger partial charge in [0.2, 0.25) is 0 Å². The van der Waals surface area contributed by atoms with Crippen molar-refractivity contribution in [3.63, 3.8) is 0 Å². The molecule has 5 nitrogen and oxygen atoms in total. The van der Waals surface area contributed by atoms with Gasteiger partial charge in [0.25, 0.3) is 10.9 Å². The first kappa shape index (κ1) is 13.6. The van der Waals surface area contributed by atoms with Gasteiger partial charge in [-0.15, -0.1) is 0 Å². The number of hydrogen-bond acceptors (Lipinski definition) is 4. The normalized spacial score (nSPS) is 13.7. The standard InChI is InChI=1S/C7H4ClNO3.C4H8O/c8-7(10)5-1-3-6(4-2-5)9(11)12;1-2-4-5-3-1/h1-4H;1-4H2. The van der Waals surface area contributed by atoms with Crippen molar-refractivity contribution in [2.24, 2.45) is 0 Å². The first-order chi connectivity index (χ1) is 8.11. The summed E-state index contributed by atoms with van der Waals surface area (Å²) in [5, 5.41) is 9.55. The summed E-state index contributed by atoms with van der Waals surface area (Å²) >= 11 is 5.13. The fourth-order valence-electron chi connectivity index (χ4n) is 1.22. The van der Waals surface area contributed by atoms with Crippen LogP contribution in [0, 0.1) is 10.1 Å². The van der Waals surface area contributed by atoms with E-state index in [2.05, 4.69) is 0 Å². The van der Waals surface area contributed by atoms with Gasteiger partial charge >= 0.3 is 0 Å². The van der Waals surface area contributed by atoms with E-state index < -0.39 is 10.2 Å². The van der Waals surface area contributed by atoms with Gasteiger partial charge in [-0.05, 0) is 36.6 Å². The smallest absolute Gasteiger partial charge is 0.269 e. The molecule has 0 saturated carbocycles. The predicted octanol–water partition coefficient (Wildman–Crippen LogP) is 2.77. The molecule has 0 unspecified atom stereocenters. The third kappa shape index (κ3) is 4.93. The van der Waals surface area contributed by atoms with Crippen LogP contribution in [0.4, 0.5) is 5.69 Å². The van der Waals surface area contributed by atoms with E-state index >= 15 is 0 Å². The number of carbonyl (C=O) groups excluding carboxylic acids is 1. The molecule has 1 fully saturated rings. The van der Waals surface area contributed by atoms with Crippen LogP contribution in [0.25, 0.3) is 0 Å². The Morgan fingerprint density at radius 2 is 1.76 bits per heavy atom. The third-order valence-electron chi connectivity index (χ3n) is 2.13. The number of nitro groups is 1. The lowest BCUT2D eigenvalue weighted by molar-refractivity contribution is -0.384. The maximum Gasteiger partial charge on any atom is 0.269 e. The highest BCUT2D eigenvalue weighted by Gasteiger charge is 2.06. The average molecular weight is 258 g/mol. The minimum Gasteiger partial charge on any atom is -0.381 e. The SMILES string of the molecule is C1CCOC1.O=C(Cl)c1ccc([N+](=O)[O-])cc1. The predicted molar refractivity (Wildman–Crippen MR) is 63.3 cm³/mol. The Kier molecular flexibility index (Phi) is 5.59. The van der Waals surface area contributed by atoms with Crippen LogP contribution >= 0.6 is 11.6 Å². The lowest BCUT2D eigenvalue weighted by atomic mass is 10.2. The van der Waals surface area contributed by atoms with Crippen LogP contribution in [0.3, 0.4) is 0 Å². The van der Waals surface area contributed by atoms with Crippen molar-refractivity contribution < 1.29 is 14.5 Å². The molecule has 1 aliphatic rings. The van der Waals surface area contributed by atoms with Gasteiger partial charge in [0.1, 0.15) is 0 Å². The summed E-state index contributed by atoms with van der Waals surface area (Å²) in [5.74, 6) is 0. The Bertz CT molecular complexity index is 346. The third-order valence-corrected chi connectivity index (χ3v) is 2.35. The van der Waals surface area contributed by atoms with Crippen molar-refractivity contribution >= 4 is 22.5 Å². The molecule has 2 rings (SSSR count). The number of hydrogen-bond donors (Lipinski definition) is 0.